The molecule has 0 spiro atoms. The summed E-state index contributed by atoms with van der Waals surface area (Å²) in [6.07, 6.45) is 1.31. The van der Waals surface area contributed by atoms with Gasteiger partial charge in [0, 0.05) is 18.5 Å². The van der Waals surface area contributed by atoms with E-state index in [1.54, 1.807) is 11.3 Å². The highest BCUT2D eigenvalue weighted by atomic mass is 32.1. The van der Waals surface area contributed by atoms with E-state index in [4.69, 9.17) is 4.98 Å². The number of rotatable bonds is 2. The Kier molecular flexibility index (Phi) is 4.21. The van der Waals surface area contributed by atoms with Gasteiger partial charge in [0.05, 0.1) is 17.2 Å². The van der Waals surface area contributed by atoms with Crippen LogP contribution in [0.4, 0.5) is 5.13 Å². The molecule has 0 saturated carbocycles. The lowest BCUT2D eigenvalue weighted by Crippen LogP contribution is -2.38. The molecule has 4 heteroatoms. The van der Waals surface area contributed by atoms with E-state index in [0.29, 0.717) is 0 Å². The van der Waals surface area contributed by atoms with Crippen molar-refractivity contribution < 1.29 is 5.11 Å². The molecule has 1 aliphatic heterocycles. The van der Waals surface area contributed by atoms with Crippen LogP contribution in [0.2, 0.25) is 0 Å². The van der Waals surface area contributed by atoms with Crippen LogP contribution in [0.15, 0.2) is 0 Å². The average molecular weight is 282 g/mol. The predicted octanol–water partition coefficient (Wildman–Crippen LogP) is 3.42. The van der Waals surface area contributed by atoms with Gasteiger partial charge in [-0.3, -0.25) is 0 Å². The molecule has 108 valence electrons. The maximum absolute atomic E-state index is 9.55. The highest BCUT2D eigenvalue weighted by Gasteiger charge is 2.28. The van der Waals surface area contributed by atoms with Gasteiger partial charge in [-0.2, -0.15) is 0 Å². The Balaban J connectivity index is 2.28. The minimum atomic E-state index is -0.000166. The number of aliphatic hydroxyl groups is 1. The van der Waals surface area contributed by atoms with Gasteiger partial charge in [-0.25, -0.2) is 4.98 Å². The van der Waals surface area contributed by atoms with Crippen molar-refractivity contribution in [3.8, 4) is 0 Å². The fourth-order valence-electron chi connectivity index (χ4n) is 2.99. The highest BCUT2D eigenvalue weighted by molar-refractivity contribution is 7.15. The van der Waals surface area contributed by atoms with Crippen LogP contribution in [0, 0.1) is 11.8 Å². The van der Waals surface area contributed by atoms with Crippen molar-refractivity contribution in [1.82, 2.24) is 4.98 Å². The van der Waals surface area contributed by atoms with Gasteiger partial charge in [0.15, 0.2) is 5.13 Å². The smallest absolute Gasteiger partial charge is 0.185 e. The quantitative estimate of drug-likeness (QED) is 0.903. The van der Waals surface area contributed by atoms with Gasteiger partial charge in [-0.15, -0.1) is 0 Å². The highest BCUT2D eigenvalue weighted by Crippen LogP contribution is 2.36. The zero-order valence-corrected chi connectivity index (χ0v) is 13.5. The zero-order chi connectivity index (χ0) is 14.2. The fraction of sp³-hybridized carbons (Fsp3) is 0.800. The Morgan fingerprint density at radius 3 is 2.26 bits per heavy atom. The van der Waals surface area contributed by atoms with Crippen LogP contribution in [0.25, 0.3) is 0 Å². The molecule has 2 heterocycles. The minimum absolute atomic E-state index is 0.000166. The lowest BCUT2D eigenvalue weighted by molar-refractivity contribution is 0.282. The number of thiazole rings is 1. The van der Waals surface area contributed by atoms with Gasteiger partial charge in [0.2, 0.25) is 0 Å². The number of hydrogen-bond donors (Lipinski definition) is 1. The van der Waals surface area contributed by atoms with Gasteiger partial charge in [-0.05, 0) is 18.3 Å². The first-order valence-corrected chi connectivity index (χ1v) is 7.99. The van der Waals surface area contributed by atoms with Crippen LogP contribution >= 0.6 is 11.3 Å². The first-order chi connectivity index (χ1) is 8.81. The molecule has 0 amide bonds. The number of nitrogens with zero attached hydrogens (tertiary/aromatic N) is 2. The predicted molar refractivity (Wildman–Crippen MR) is 81.9 cm³/mol. The lowest BCUT2D eigenvalue weighted by Gasteiger charge is -2.34. The molecule has 1 N–H and O–H groups in total. The molecule has 1 aliphatic rings. The Labute approximate surface area is 120 Å². The summed E-state index contributed by atoms with van der Waals surface area (Å²) in [6, 6.07) is 0. The maximum Gasteiger partial charge on any atom is 0.185 e. The summed E-state index contributed by atoms with van der Waals surface area (Å²) in [5, 5.41) is 10.6. The van der Waals surface area contributed by atoms with Crippen molar-refractivity contribution >= 4 is 16.5 Å². The largest absolute Gasteiger partial charge is 0.391 e. The van der Waals surface area contributed by atoms with Crippen LogP contribution in [0.1, 0.15) is 51.6 Å². The second kappa shape index (κ2) is 5.41. The van der Waals surface area contributed by atoms with Crippen molar-refractivity contribution in [2.24, 2.45) is 11.8 Å². The molecule has 2 atom stereocenters. The third kappa shape index (κ3) is 3.29. The van der Waals surface area contributed by atoms with Crippen molar-refractivity contribution in [3.05, 3.63) is 10.6 Å². The van der Waals surface area contributed by atoms with Gasteiger partial charge in [0.25, 0.3) is 0 Å². The van der Waals surface area contributed by atoms with E-state index in [1.807, 2.05) is 0 Å². The van der Waals surface area contributed by atoms with Gasteiger partial charge in [0.1, 0.15) is 0 Å². The summed E-state index contributed by atoms with van der Waals surface area (Å²) >= 11 is 1.66. The molecule has 1 fully saturated rings. The second-order valence-corrected chi connectivity index (χ2v) is 8.09. The third-order valence-corrected chi connectivity index (χ3v) is 4.78. The van der Waals surface area contributed by atoms with E-state index < -0.39 is 0 Å². The van der Waals surface area contributed by atoms with Crippen LogP contribution in [-0.4, -0.2) is 23.2 Å². The SMILES string of the molecule is CC1CC(C)CN(c2nc(C(C)(C)C)c(CO)s2)C1. The molecule has 3 nitrogen and oxygen atoms in total. The second-order valence-electron chi connectivity index (χ2n) is 7.03. The topological polar surface area (TPSA) is 36.4 Å². The lowest BCUT2D eigenvalue weighted by atomic mass is 9.91. The van der Waals surface area contributed by atoms with Gasteiger partial charge in [-0.1, -0.05) is 46.0 Å². The van der Waals surface area contributed by atoms with Crippen molar-refractivity contribution in [2.75, 3.05) is 18.0 Å². The van der Waals surface area contributed by atoms with E-state index in [0.717, 1.165) is 40.6 Å². The molecule has 0 bridgehead atoms. The number of piperidine rings is 1. The van der Waals surface area contributed by atoms with E-state index >= 15 is 0 Å². The van der Waals surface area contributed by atoms with Crippen LogP contribution in [0.3, 0.4) is 0 Å². The molecule has 2 rings (SSSR count). The molecule has 0 aromatic carbocycles. The maximum atomic E-state index is 9.55. The normalized spacial score (nSPS) is 24.8. The van der Waals surface area contributed by atoms with Gasteiger partial charge >= 0.3 is 0 Å². The molecule has 19 heavy (non-hydrogen) atoms. The zero-order valence-electron chi connectivity index (χ0n) is 12.7. The summed E-state index contributed by atoms with van der Waals surface area (Å²) in [5.41, 5.74) is 1.06. The molecule has 1 aromatic heterocycles. The Bertz CT molecular complexity index is 426. The Morgan fingerprint density at radius 2 is 1.84 bits per heavy atom. The molecule has 0 aliphatic carbocycles. The standard InChI is InChI=1S/C15H26N2OS/c1-10-6-11(2)8-17(7-10)14-16-13(15(3,4)5)12(9-18)19-14/h10-11,18H,6-9H2,1-5H3. The van der Waals surface area contributed by atoms with E-state index in [1.165, 1.54) is 6.42 Å². The molecule has 1 saturated heterocycles. The van der Waals surface area contributed by atoms with E-state index in [-0.39, 0.29) is 12.0 Å². The van der Waals surface area contributed by atoms with Crippen molar-refractivity contribution in [3.63, 3.8) is 0 Å². The summed E-state index contributed by atoms with van der Waals surface area (Å²) < 4.78 is 0. The van der Waals surface area contributed by atoms with Crippen molar-refractivity contribution in [1.29, 1.82) is 0 Å². The number of aromatic nitrogens is 1. The number of anilines is 1. The molecular weight excluding hydrogens is 256 g/mol. The van der Waals surface area contributed by atoms with Crippen LogP contribution in [0.5, 0.6) is 0 Å². The van der Waals surface area contributed by atoms with Crippen LogP contribution < -0.4 is 4.90 Å². The molecule has 0 radical (unpaired) electrons. The van der Waals surface area contributed by atoms with Crippen molar-refractivity contribution in [2.45, 2.75) is 53.1 Å². The Hall–Kier alpha value is -0.610. The van der Waals surface area contributed by atoms with Crippen LogP contribution in [-0.2, 0) is 12.0 Å². The van der Waals surface area contributed by atoms with E-state index in [2.05, 4.69) is 39.5 Å². The average Bonchev–Trinajstić information content (AvgIpc) is 2.71. The molecule has 1 aromatic rings. The van der Waals surface area contributed by atoms with E-state index in [9.17, 15) is 5.11 Å². The number of aliphatic hydroxyl groups excluding tert-OH is 1. The summed E-state index contributed by atoms with van der Waals surface area (Å²) in [4.78, 5) is 8.25. The third-order valence-electron chi connectivity index (χ3n) is 3.68. The first-order valence-electron chi connectivity index (χ1n) is 7.17. The molecule has 2 unspecified atom stereocenters. The Morgan fingerprint density at radius 1 is 1.26 bits per heavy atom. The molecular formula is C15H26N2OS. The number of hydrogen-bond acceptors (Lipinski definition) is 4. The summed E-state index contributed by atoms with van der Waals surface area (Å²) in [7, 11) is 0. The summed E-state index contributed by atoms with van der Waals surface area (Å²) in [5.74, 6) is 1.45. The van der Waals surface area contributed by atoms with Gasteiger partial charge < -0.3 is 10.0 Å². The summed E-state index contributed by atoms with van der Waals surface area (Å²) in [6.45, 7) is 13.4. The first kappa shape index (κ1) is 14.8. The monoisotopic (exact) mass is 282 g/mol. The fourth-order valence-corrected chi connectivity index (χ4v) is 4.14. The minimum Gasteiger partial charge on any atom is -0.391 e.